The maximum atomic E-state index is 3.87. The molecular weight excluding hydrogens is 168 g/mol. The number of hydrogen-bond donors (Lipinski definition) is 0. The highest BCUT2D eigenvalue weighted by molar-refractivity contribution is 5.18. The van der Waals surface area contributed by atoms with Gasteiger partial charge >= 0.3 is 0 Å². The van der Waals surface area contributed by atoms with E-state index in [0.29, 0.717) is 5.41 Å². The van der Waals surface area contributed by atoms with Crippen LogP contribution in [0.2, 0.25) is 0 Å². The van der Waals surface area contributed by atoms with E-state index < -0.39 is 0 Å². The van der Waals surface area contributed by atoms with Gasteiger partial charge in [0.1, 0.15) is 0 Å². The molecule has 0 heterocycles. The minimum atomic E-state index is 0.404. The van der Waals surface area contributed by atoms with E-state index in [9.17, 15) is 0 Å². The molecule has 0 amide bonds. The summed E-state index contributed by atoms with van der Waals surface area (Å²) in [6.07, 6.45) is 17.8. The highest BCUT2D eigenvalue weighted by Crippen LogP contribution is 2.48. The van der Waals surface area contributed by atoms with Gasteiger partial charge in [0.2, 0.25) is 0 Å². The van der Waals surface area contributed by atoms with Gasteiger partial charge in [0.25, 0.3) is 0 Å². The average molecular weight is 190 g/mol. The Morgan fingerprint density at radius 3 is 2.29 bits per heavy atom. The van der Waals surface area contributed by atoms with Gasteiger partial charge in [-0.25, -0.2) is 0 Å². The largest absolute Gasteiger partial charge is 0.103 e. The summed E-state index contributed by atoms with van der Waals surface area (Å²) >= 11 is 0. The van der Waals surface area contributed by atoms with Crippen molar-refractivity contribution in [3.63, 3.8) is 0 Å². The predicted octanol–water partition coefficient (Wildman–Crippen LogP) is 4.65. The van der Waals surface area contributed by atoms with Crippen molar-refractivity contribution in [2.45, 2.75) is 44.9 Å². The first kappa shape index (κ1) is 11.3. The highest BCUT2D eigenvalue weighted by atomic mass is 14.4. The Hall–Kier alpha value is -0.780. The Morgan fingerprint density at radius 2 is 1.71 bits per heavy atom. The Labute approximate surface area is 88.4 Å². The number of hydrogen-bond acceptors (Lipinski definition) is 0. The van der Waals surface area contributed by atoms with Crippen molar-refractivity contribution in [3.05, 3.63) is 37.5 Å². The van der Waals surface area contributed by atoms with Gasteiger partial charge in [0.05, 0.1) is 0 Å². The zero-order chi connectivity index (χ0) is 10.3. The summed E-state index contributed by atoms with van der Waals surface area (Å²) in [6, 6.07) is 0. The Bertz CT molecular complexity index is 206. The second-order valence-corrected chi connectivity index (χ2v) is 4.27. The van der Waals surface area contributed by atoms with Crippen molar-refractivity contribution in [2.75, 3.05) is 0 Å². The van der Waals surface area contributed by atoms with E-state index in [4.69, 9.17) is 0 Å². The third-order valence-electron chi connectivity index (χ3n) is 2.96. The van der Waals surface area contributed by atoms with Crippen LogP contribution in [0.4, 0.5) is 0 Å². The van der Waals surface area contributed by atoms with E-state index in [1.54, 1.807) is 0 Å². The van der Waals surface area contributed by atoms with E-state index in [0.717, 1.165) is 0 Å². The van der Waals surface area contributed by atoms with Crippen LogP contribution in [0.15, 0.2) is 37.5 Å². The molecule has 0 atom stereocenters. The van der Waals surface area contributed by atoms with Crippen molar-refractivity contribution >= 4 is 0 Å². The van der Waals surface area contributed by atoms with Crippen LogP contribution in [0.3, 0.4) is 0 Å². The van der Waals surface area contributed by atoms with Crippen LogP contribution in [0, 0.1) is 5.41 Å². The Morgan fingerprint density at radius 1 is 1.00 bits per heavy atom. The van der Waals surface area contributed by atoms with E-state index >= 15 is 0 Å². The van der Waals surface area contributed by atoms with E-state index in [2.05, 4.69) is 31.4 Å². The standard InChI is InChI=1S/C14H22/c1-3-5-6-7-8-9-10-11-14(4-2)12-13-14/h3-4,10-11H,1-2,5-9,12-13H2. The summed E-state index contributed by atoms with van der Waals surface area (Å²) in [4.78, 5) is 0. The molecule has 1 saturated carbocycles. The molecule has 1 rings (SSSR count). The minimum Gasteiger partial charge on any atom is -0.103 e. The Balaban J connectivity index is 1.98. The van der Waals surface area contributed by atoms with Crippen LogP contribution in [-0.2, 0) is 0 Å². The molecule has 78 valence electrons. The van der Waals surface area contributed by atoms with Crippen molar-refractivity contribution in [2.24, 2.45) is 5.41 Å². The van der Waals surface area contributed by atoms with Crippen LogP contribution in [0.25, 0.3) is 0 Å². The average Bonchev–Trinajstić information content (AvgIpc) is 2.98. The van der Waals surface area contributed by atoms with Crippen molar-refractivity contribution in [1.82, 2.24) is 0 Å². The molecule has 14 heavy (non-hydrogen) atoms. The van der Waals surface area contributed by atoms with Crippen LogP contribution >= 0.6 is 0 Å². The molecule has 1 aliphatic rings. The number of unbranched alkanes of at least 4 members (excludes halogenated alkanes) is 4. The highest BCUT2D eigenvalue weighted by Gasteiger charge is 2.35. The van der Waals surface area contributed by atoms with Crippen molar-refractivity contribution in [1.29, 1.82) is 0 Å². The summed E-state index contributed by atoms with van der Waals surface area (Å²) in [7, 11) is 0. The first-order chi connectivity index (χ1) is 6.83. The smallest absolute Gasteiger partial charge is 0.00591 e. The molecule has 0 saturated heterocycles. The molecule has 0 aromatic rings. The zero-order valence-corrected chi connectivity index (χ0v) is 9.17. The fraction of sp³-hybridized carbons (Fsp3) is 0.571. The molecule has 0 bridgehead atoms. The van der Waals surface area contributed by atoms with Gasteiger partial charge in [-0.2, -0.15) is 0 Å². The summed E-state index contributed by atoms with van der Waals surface area (Å²) in [6.45, 7) is 7.59. The maximum Gasteiger partial charge on any atom is 0.00591 e. The number of rotatable bonds is 8. The summed E-state index contributed by atoms with van der Waals surface area (Å²) in [5.74, 6) is 0. The Kier molecular flexibility index (Phi) is 4.72. The second kappa shape index (κ2) is 5.85. The first-order valence-corrected chi connectivity index (χ1v) is 5.75. The lowest BCUT2D eigenvalue weighted by Gasteiger charge is -2.00. The maximum absolute atomic E-state index is 3.87. The van der Waals surface area contributed by atoms with Gasteiger partial charge in [-0.15, -0.1) is 13.2 Å². The molecule has 0 aromatic carbocycles. The molecule has 1 aliphatic carbocycles. The van der Waals surface area contributed by atoms with Crippen LogP contribution in [0.5, 0.6) is 0 Å². The van der Waals surface area contributed by atoms with Gasteiger partial charge in [0.15, 0.2) is 0 Å². The van der Waals surface area contributed by atoms with Crippen LogP contribution in [0.1, 0.15) is 44.9 Å². The van der Waals surface area contributed by atoms with Crippen molar-refractivity contribution < 1.29 is 0 Å². The quantitative estimate of drug-likeness (QED) is 0.386. The van der Waals surface area contributed by atoms with Crippen molar-refractivity contribution in [3.8, 4) is 0 Å². The fourth-order valence-corrected chi connectivity index (χ4v) is 1.63. The van der Waals surface area contributed by atoms with Gasteiger partial charge < -0.3 is 0 Å². The monoisotopic (exact) mass is 190 g/mol. The molecule has 0 heteroatoms. The molecule has 0 radical (unpaired) electrons. The second-order valence-electron chi connectivity index (χ2n) is 4.27. The lowest BCUT2D eigenvalue weighted by molar-refractivity contribution is 0.693. The van der Waals surface area contributed by atoms with Gasteiger partial charge in [-0.3, -0.25) is 0 Å². The predicted molar refractivity (Wildman–Crippen MR) is 64.3 cm³/mol. The lowest BCUT2D eigenvalue weighted by atomic mass is 10.1. The normalized spacial score (nSPS) is 18.3. The fourth-order valence-electron chi connectivity index (χ4n) is 1.63. The zero-order valence-electron chi connectivity index (χ0n) is 9.17. The topological polar surface area (TPSA) is 0 Å². The molecule has 0 spiro atoms. The molecule has 0 aromatic heterocycles. The minimum absolute atomic E-state index is 0.404. The third kappa shape index (κ3) is 3.95. The van der Waals surface area contributed by atoms with Gasteiger partial charge in [-0.1, -0.05) is 30.7 Å². The lowest BCUT2D eigenvalue weighted by Crippen LogP contribution is -1.86. The van der Waals surface area contributed by atoms with E-state index in [1.807, 2.05) is 6.08 Å². The van der Waals surface area contributed by atoms with Gasteiger partial charge in [0, 0.05) is 5.41 Å². The molecule has 0 aliphatic heterocycles. The van der Waals surface area contributed by atoms with E-state index in [1.165, 1.54) is 44.9 Å². The van der Waals surface area contributed by atoms with Crippen LogP contribution < -0.4 is 0 Å². The summed E-state index contributed by atoms with van der Waals surface area (Å²) in [5, 5.41) is 0. The SMILES string of the molecule is C=CCCCCCC=CC1(C=C)CC1. The molecule has 0 nitrogen and oxygen atoms in total. The number of allylic oxidation sites excluding steroid dienone is 4. The first-order valence-electron chi connectivity index (χ1n) is 5.75. The molecular formula is C14H22. The molecule has 0 N–H and O–H groups in total. The molecule has 0 unspecified atom stereocenters. The summed E-state index contributed by atoms with van der Waals surface area (Å²) < 4.78 is 0. The third-order valence-corrected chi connectivity index (χ3v) is 2.96. The van der Waals surface area contributed by atoms with Gasteiger partial charge in [-0.05, 0) is 38.5 Å². The molecule has 1 fully saturated rings. The summed E-state index contributed by atoms with van der Waals surface area (Å²) in [5.41, 5.74) is 0.404. The van der Waals surface area contributed by atoms with Crippen LogP contribution in [-0.4, -0.2) is 0 Å². The van der Waals surface area contributed by atoms with E-state index in [-0.39, 0.29) is 0 Å².